The van der Waals surface area contributed by atoms with E-state index >= 15 is 0 Å². The first-order chi connectivity index (χ1) is 7.24. The van der Waals surface area contributed by atoms with E-state index in [2.05, 4.69) is 55.0 Å². The molecule has 0 radical (unpaired) electrons. The summed E-state index contributed by atoms with van der Waals surface area (Å²) in [6, 6.07) is 4.31. The fourth-order valence-electron chi connectivity index (χ4n) is 1.25. The summed E-state index contributed by atoms with van der Waals surface area (Å²) in [5, 5.41) is 0. The van der Waals surface area contributed by atoms with Crippen LogP contribution in [0.1, 0.15) is 19.8 Å². The van der Waals surface area contributed by atoms with Gasteiger partial charge in [-0.1, -0.05) is 25.1 Å². The molecule has 0 saturated carbocycles. The lowest BCUT2D eigenvalue weighted by molar-refractivity contribution is -0.675. The lowest BCUT2D eigenvalue weighted by Gasteiger charge is -2.10. The van der Waals surface area contributed by atoms with Crippen LogP contribution in [0.4, 0.5) is 5.69 Å². The molecule has 0 aliphatic carbocycles. The molecule has 0 aliphatic heterocycles. The van der Waals surface area contributed by atoms with Gasteiger partial charge in [-0.25, -0.2) is 0 Å². The zero-order chi connectivity index (χ0) is 11.1. The summed E-state index contributed by atoms with van der Waals surface area (Å²) in [4.78, 5) is 2.12. The zero-order valence-electron chi connectivity index (χ0n) is 9.94. The molecule has 0 N–H and O–H groups in total. The average Bonchev–Trinajstić information content (AvgIpc) is 2.25. The maximum atomic E-state index is 2.24. The highest BCUT2D eigenvalue weighted by atomic mass is 32.2. The Bertz CT molecular complexity index is 269. The van der Waals surface area contributed by atoms with Crippen molar-refractivity contribution < 1.29 is 4.57 Å². The molecule has 0 unspecified atom stereocenters. The standard InChI is InChI=1S/C12H21N2S/c1-4-5-10-15-11-14-8-6-12(7-9-14)13(2)3/h6-9H,4-5,10-11H2,1-3H3/q+1. The number of aromatic nitrogens is 1. The molecule has 1 heterocycles. The predicted molar refractivity (Wildman–Crippen MR) is 68.3 cm³/mol. The second-order valence-corrected chi connectivity index (χ2v) is 4.93. The third-order valence-corrected chi connectivity index (χ3v) is 3.33. The third kappa shape index (κ3) is 4.56. The van der Waals surface area contributed by atoms with E-state index < -0.39 is 0 Å². The molecule has 3 heteroatoms. The van der Waals surface area contributed by atoms with Gasteiger partial charge in [-0.3, -0.25) is 0 Å². The van der Waals surface area contributed by atoms with E-state index in [1.54, 1.807) is 0 Å². The van der Waals surface area contributed by atoms with Crippen molar-refractivity contribution in [1.29, 1.82) is 0 Å². The number of anilines is 1. The summed E-state index contributed by atoms with van der Waals surface area (Å²) in [5.74, 6) is 2.33. The minimum atomic E-state index is 1.06. The smallest absolute Gasteiger partial charge is 0.194 e. The lowest BCUT2D eigenvalue weighted by atomic mass is 10.4. The van der Waals surface area contributed by atoms with E-state index in [9.17, 15) is 0 Å². The topological polar surface area (TPSA) is 7.12 Å². The number of rotatable bonds is 6. The van der Waals surface area contributed by atoms with Gasteiger partial charge >= 0.3 is 0 Å². The van der Waals surface area contributed by atoms with Crippen LogP contribution >= 0.6 is 11.8 Å². The van der Waals surface area contributed by atoms with Gasteiger partial charge < -0.3 is 4.90 Å². The second-order valence-electron chi connectivity index (χ2n) is 3.86. The average molecular weight is 225 g/mol. The largest absolute Gasteiger partial charge is 0.377 e. The SMILES string of the molecule is CCCCSC[n+]1ccc(N(C)C)cc1. The van der Waals surface area contributed by atoms with Gasteiger partial charge in [0.1, 0.15) is 0 Å². The van der Waals surface area contributed by atoms with Gasteiger partial charge in [0.15, 0.2) is 18.3 Å². The number of nitrogens with zero attached hydrogens (tertiary/aromatic N) is 2. The Kier molecular flexibility index (Phi) is 5.54. The first-order valence-electron chi connectivity index (χ1n) is 5.48. The number of pyridine rings is 1. The summed E-state index contributed by atoms with van der Waals surface area (Å²) in [6.45, 7) is 2.24. The van der Waals surface area contributed by atoms with E-state index in [1.165, 1.54) is 24.3 Å². The third-order valence-electron chi connectivity index (χ3n) is 2.27. The molecular weight excluding hydrogens is 204 g/mol. The fourth-order valence-corrected chi connectivity index (χ4v) is 2.25. The van der Waals surface area contributed by atoms with Gasteiger partial charge in [0.2, 0.25) is 0 Å². The maximum absolute atomic E-state index is 2.24. The van der Waals surface area contributed by atoms with E-state index in [0.29, 0.717) is 0 Å². The number of hydrogen-bond donors (Lipinski definition) is 0. The molecule has 0 atom stereocenters. The summed E-state index contributed by atoms with van der Waals surface area (Å²) in [7, 11) is 4.13. The summed E-state index contributed by atoms with van der Waals surface area (Å²) < 4.78 is 2.23. The van der Waals surface area contributed by atoms with Crippen LogP contribution in [0, 0.1) is 0 Å². The number of thioether (sulfide) groups is 1. The van der Waals surface area contributed by atoms with Crippen molar-refractivity contribution in [2.75, 3.05) is 24.7 Å². The molecule has 1 rings (SSSR count). The maximum Gasteiger partial charge on any atom is 0.194 e. The number of unbranched alkanes of at least 4 members (excludes halogenated alkanes) is 1. The summed E-state index contributed by atoms with van der Waals surface area (Å²) in [5.41, 5.74) is 1.25. The molecule has 15 heavy (non-hydrogen) atoms. The Morgan fingerprint density at radius 3 is 2.47 bits per heavy atom. The van der Waals surface area contributed by atoms with Crippen LogP contribution in [0.25, 0.3) is 0 Å². The highest BCUT2D eigenvalue weighted by Gasteiger charge is 2.01. The van der Waals surface area contributed by atoms with Crippen LogP contribution in [-0.4, -0.2) is 19.8 Å². The first kappa shape index (κ1) is 12.4. The van der Waals surface area contributed by atoms with Gasteiger partial charge in [-0.15, -0.1) is 0 Å². The van der Waals surface area contributed by atoms with E-state index in [1.807, 2.05) is 11.8 Å². The Hall–Kier alpha value is -0.700. The van der Waals surface area contributed by atoms with Crippen LogP contribution in [-0.2, 0) is 5.88 Å². The fraction of sp³-hybridized carbons (Fsp3) is 0.583. The van der Waals surface area contributed by atoms with Gasteiger partial charge in [0.05, 0.1) is 0 Å². The Morgan fingerprint density at radius 1 is 1.27 bits per heavy atom. The Labute approximate surface area is 97.3 Å². The quantitative estimate of drug-likeness (QED) is 0.542. The van der Waals surface area contributed by atoms with E-state index in [0.717, 1.165) is 5.88 Å². The van der Waals surface area contributed by atoms with Crippen LogP contribution < -0.4 is 9.47 Å². The number of hydrogen-bond acceptors (Lipinski definition) is 2. The molecular formula is C12H21N2S+. The van der Waals surface area contributed by atoms with Gasteiger partial charge in [0, 0.05) is 31.9 Å². The first-order valence-corrected chi connectivity index (χ1v) is 6.63. The van der Waals surface area contributed by atoms with Crippen molar-refractivity contribution in [2.45, 2.75) is 25.6 Å². The minimum absolute atomic E-state index is 1.06. The van der Waals surface area contributed by atoms with E-state index in [-0.39, 0.29) is 0 Å². The van der Waals surface area contributed by atoms with Crippen LogP contribution in [0.5, 0.6) is 0 Å². The molecule has 84 valence electrons. The van der Waals surface area contributed by atoms with Crippen molar-refractivity contribution in [1.82, 2.24) is 0 Å². The Morgan fingerprint density at radius 2 is 1.93 bits per heavy atom. The molecule has 0 amide bonds. The highest BCUT2D eigenvalue weighted by molar-refractivity contribution is 7.98. The molecule has 1 aromatic heterocycles. The van der Waals surface area contributed by atoms with Crippen molar-refractivity contribution in [3.63, 3.8) is 0 Å². The van der Waals surface area contributed by atoms with Gasteiger partial charge in [-0.2, -0.15) is 4.57 Å². The predicted octanol–water partition coefficient (Wildman–Crippen LogP) is 2.53. The molecule has 0 spiro atoms. The van der Waals surface area contributed by atoms with Gasteiger partial charge in [0.25, 0.3) is 0 Å². The van der Waals surface area contributed by atoms with Crippen molar-refractivity contribution in [3.8, 4) is 0 Å². The van der Waals surface area contributed by atoms with Gasteiger partial charge in [-0.05, 0) is 12.2 Å². The minimum Gasteiger partial charge on any atom is -0.377 e. The molecule has 2 nitrogen and oxygen atoms in total. The summed E-state index contributed by atoms with van der Waals surface area (Å²) >= 11 is 1.99. The molecule has 1 aromatic rings. The molecule has 0 saturated heterocycles. The van der Waals surface area contributed by atoms with Crippen LogP contribution in [0.15, 0.2) is 24.5 Å². The highest BCUT2D eigenvalue weighted by Crippen LogP contribution is 2.08. The van der Waals surface area contributed by atoms with Crippen LogP contribution in [0.2, 0.25) is 0 Å². The second kappa shape index (κ2) is 6.72. The molecule has 0 fully saturated rings. The molecule has 0 aromatic carbocycles. The van der Waals surface area contributed by atoms with Crippen molar-refractivity contribution in [3.05, 3.63) is 24.5 Å². The van der Waals surface area contributed by atoms with Crippen molar-refractivity contribution in [2.24, 2.45) is 0 Å². The zero-order valence-corrected chi connectivity index (χ0v) is 10.8. The molecule has 0 bridgehead atoms. The Balaban J connectivity index is 2.36. The lowest BCUT2D eigenvalue weighted by Crippen LogP contribution is -2.31. The van der Waals surface area contributed by atoms with E-state index in [4.69, 9.17) is 0 Å². The van der Waals surface area contributed by atoms with Crippen LogP contribution in [0.3, 0.4) is 0 Å². The van der Waals surface area contributed by atoms with Crippen molar-refractivity contribution >= 4 is 17.4 Å². The summed E-state index contributed by atoms with van der Waals surface area (Å²) in [6.07, 6.45) is 6.90. The normalized spacial score (nSPS) is 10.3. The molecule has 0 aliphatic rings. The monoisotopic (exact) mass is 225 g/mol.